The Morgan fingerprint density at radius 1 is 1.25 bits per heavy atom. The Morgan fingerprint density at radius 2 is 1.94 bits per heavy atom. The van der Waals surface area contributed by atoms with Crippen LogP contribution in [0.15, 0.2) is 0 Å². The Labute approximate surface area is 99.1 Å². The molecule has 4 heteroatoms. The summed E-state index contributed by atoms with van der Waals surface area (Å²) in [6.45, 7) is 10.9. The number of carbonyl (C=O) groups excluding carboxylic acids is 1. The third-order valence-electron chi connectivity index (χ3n) is 1.91. The van der Waals surface area contributed by atoms with Gasteiger partial charge in [-0.15, -0.1) is 0 Å². The summed E-state index contributed by atoms with van der Waals surface area (Å²) in [5.41, 5.74) is 0. The molecule has 0 rings (SSSR count). The topological polar surface area (TPSA) is 50.4 Å². The van der Waals surface area contributed by atoms with E-state index in [2.05, 4.69) is 24.5 Å². The Bertz CT molecular complexity index is 182. The average molecular weight is 230 g/mol. The van der Waals surface area contributed by atoms with Gasteiger partial charge in [-0.1, -0.05) is 27.7 Å². The van der Waals surface area contributed by atoms with E-state index in [-0.39, 0.29) is 5.91 Å². The van der Waals surface area contributed by atoms with Crippen molar-refractivity contribution in [3.8, 4) is 0 Å². The van der Waals surface area contributed by atoms with E-state index in [0.717, 1.165) is 19.6 Å². The van der Waals surface area contributed by atoms with E-state index in [1.165, 1.54) is 0 Å². The third kappa shape index (κ3) is 11.5. The largest absolute Gasteiger partial charge is 0.381 e. The molecule has 0 bridgehead atoms. The Morgan fingerprint density at radius 3 is 2.50 bits per heavy atom. The lowest BCUT2D eigenvalue weighted by Gasteiger charge is -2.09. The van der Waals surface area contributed by atoms with Crippen LogP contribution in [0, 0.1) is 5.92 Å². The molecule has 0 aliphatic heterocycles. The van der Waals surface area contributed by atoms with Gasteiger partial charge in [0.25, 0.3) is 0 Å². The van der Waals surface area contributed by atoms with Gasteiger partial charge in [0.1, 0.15) is 0 Å². The number of amides is 1. The predicted octanol–water partition coefficient (Wildman–Crippen LogP) is 1.16. The van der Waals surface area contributed by atoms with Crippen molar-refractivity contribution in [1.29, 1.82) is 0 Å². The van der Waals surface area contributed by atoms with E-state index < -0.39 is 0 Å². The highest BCUT2D eigenvalue weighted by molar-refractivity contribution is 5.77. The van der Waals surface area contributed by atoms with E-state index in [4.69, 9.17) is 4.74 Å². The second-order valence-corrected chi connectivity index (χ2v) is 4.71. The molecule has 0 saturated carbocycles. The number of ether oxygens (including phenoxy) is 1. The fraction of sp³-hybridized carbons (Fsp3) is 0.917. The fourth-order valence-electron chi connectivity index (χ4n) is 1.08. The molecule has 2 N–H and O–H groups in total. The van der Waals surface area contributed by atoms with Crippen LogP contribution in [0.4, 0.5) is 0 Å². The molecule has 4 nitrogen and oxygen atoms in total. The standard InChI is InChI=1S/C12H26N2O2/c1-10(2)9-16-7-5-6-13-12(15)8-14-11(3)4/h10-11,14H,5-9H2,1-4H3,(H,13,15). The molecule has 0 saturated heterocycles. The molecule has 0 heterocycles. The molecule has 0 atom stereocenters. The maximum atomic E-state index is 11.3. The van der Waals surface area contributed by atoms with Gasteiger partial charge in [0, 0.05) is 25.8 Å². The second-order valence-electron chi connectivity index (χ2n) is 4.71. The van der Waals surface area contributed by atoms with Crippen LogP contribution in [0.2, 0.25) is 0 Å². The van der Waals surface area contributed by atoms with Crippen LogP contribution in [-0.2, 0) is 9.53 Å². The first-order chi connectivity index (χ1) is 7.52. The smallest absolute Gasteiger partial charge is 0.233 e. The van der Waals surface area contributed by atoms with Crippen molar-refractivity contribution in [2.75, 3.05) is 26.3 Å². The van der Waals surface area contributed by atoms with Crippen molar-refractivity contribution in [3.05, 3.63) is 0 Å². The number of carbonyl (C=O) groups is 1. The normalized spacial score (nSPS) is 11.1. The van der Waals surface area contributed by atoms with Crippen molar-refractivity contribution in [2.45, 2.75) is 40.2 Å². The molecule has 0 aromatic rings. The first-order valence-electron chi connectivity index (χ1n) is 6.10. The van der Waals surface area contributed by atoms with Crippen LogP contribution >= 0.6 is 0 Å². The van der Waals surface area contributed by atoms with Crippen LogP contribution in [0.3, 0.4) is 0 Å². The van der Waals surface area contributed by atoms with Gasteiger partial charge in [0.2, 0.25) is 5.91 Å². The quantitative estimate of drug-likeness (QED) is 0.584. The van der Waals surface area contributed by atoms with Gasteiger partial charge in [-0.2, -0.15) is 0 Å². The van der Waals surface area contributed by atoms with E-state index in [1.807, 2.05) is 13.8 Å². The van der Waals surface area contributed by atoms with Gasteiger partial charge in [0.05, 0.1) is 6.54 Å². The zero-order valence-corrected chi connectivity index (χ0v) is 11.0. The number of hydrogen-bond acceptors (Lipinski definition) is 3. The molecule has 0 radical (unpaired) electrons. The molecule has 16 heavy (non-hydrogen) atoms. The molecular weight excluding hydrogens is 204 g/mol. The minimum absolute atomic E-state index is 0.0533. The van der Waals surface area contributed by atoms with Crippen molar-refractivity contribution in [1.82, 2.24) is 10.6 Å². The molecule has 0 unspecified atom stereocenters. The van der Waals surface area contributed by atoms with E-state index in [1.54, 1.807) is 0 Å². The maximum absolute atomic E-state index is 11.3. The summed E-state index contributed by atoms with van der Waals surface area (Å²) in [6, 6.07) is 0.347. The number of rotatable bonds is 9. The summed E-state index contributed by atoms with van der Waals surface area (Å²) in [4.78, 5) is 11.3. The van der Waals surface area contributed by atoms with E-state index >= 15 is 0 Å². The van der Waals surface area contributed by atoms with Gasteiger partial charge in [-0.05, 0) is 12.3 Å². The minimum Gasteiger partial charge on any atom is -0.381 e. The van der Waals surface area contributed by atoms with Crippen LogP contribution in [0.25, 0.3) is 0 Å². The van der Waals surface area contributed by atoms with Crippen LogP contribution in [-0.4, -0.2) is 38.3 Å². The second kappa shape index (κ2) is 9.60. The molecule has 1 amide bonds. The zero-order valence-electron chi connectivity index (χ0n) is 11.0. The highest BCUT2D eigenvalue weighted by Crippen LogP contribution is 1.92. The lowest BCUT2D eigenvalue weighted by Crippen LogP contribution is -2.37. The zero-order chi connectivity index (χ0) is 12.4. The lowest BCUT2D eigenvalue weighted by molar-refractivity contribution is -0.120. The van der Waals surface area contributed by atoms with Crippen LogP contribution in [0.1, 0.15) is 34.1 Å². The first-order valence-corrected chi connectivity index (χ1v) is 6.10. The van der Waals surface area contributed by atoms with Gasteiger partial charge in [0.15, 0.2) is 0 Å². The summed E-state index contributed by atoms with van der Waals surface area (Å²) >= 11 is 0. The highest BCUT2D eigenvalue weighted by atomic mass is 16.5. The van der Waals surface area contributed by atoms with Crippen molar-refractivity contribution < 1.29 is 9.53 Å². The summed E-state index contributed by atoms with van der Waals surface area (Å²) in [7, 11) is 0. The molecule has 0 aromatic carbocycles. The third-order valence-corrected chi connectivity index (χ3v) is 1.91. The van der Waals surface area contributed by atoms with Crippen molar-refractivity contribution >= 4 is 5.91 Å². The summed E-state index contributed by atoms with van der Waals surface area (Å²) in [6.07, 6.45) is 0.875. The summed E-state index contributed by atoms with van der Waals surface area (Å²) < 4.78 is 5.41. The molecular formula is C12H26N2O2. The van der Waals surface area contributed by atoms with Crippen LogP contribution < -0.4 is 10.6 Å². The van der Waals surface area contributed by atoms with Gasteiger partial charge in [-0.25, -0.2) is 0 Å². The molecule has 96 valence electrons. The Kier molecular flexibility index (Phi) is 9.24. The van der Waals surface area contributed by atoms with E-state index in [0.29, 0.717) is 25.0 Å². The van der Waals surface area contributed by atoms with Crippen molar-refractivity contribution in [2.24, 2.45) is 5.92 Å². The molecule has 0 fully saturated rings. The fourth-order valence-corrected chi connectivity index (χ4v) is 1.08. The molecule has 0 aromatic heterocycles. The number of nitrogens with one attached hydrogen (secondary N) is 2. The predicted molar refractivity (Wildman–Crippen MR) is 66.4 cm³/mol. The van der Waals surface area contributed by atoms with Crippen LogP contribution in [0.5, 0.6) is 0 Å². The van der Waals surface area contributed by atoms with Gasteiger partial charge >= 0.3 is 0 Å². The maximum Gasteiger partial charge on any atom is 0.233 e. The lowest BCUT2D eigenvalue weighted by atomic mass is 10.2. The molecule has 0 aliphatic rings. The van der Waals surface area contributed by atoms with Crippen molar-refractivity contribution in [3.63, 3.8) is 0 Å². The Hall–Kier alpha value is -0.610. The summed E-state index contributed by atoms with van der Waals surface area (Å²) in [5.74, 6) is 0.627. The summed E-state index contributed by atoms with van der Waals surface area (Å²) in [5, 5.41) is 5.91. The minimum atomic E-state index is 0.0533. The highest BCUT2D eigenvalue weighted by Gasteiger charge is 2.01. The molecule has 0 spiro atoms. The van der Waals surface area contributed by atoms with Gasteiger partial charge < -0.3 is 15.4 Å². The number of hydrogen-bond donors (Lipinski definition) is 2. The first kappa shape index (κ1) is 15.4. The Balaban J connectivity index is 3.21. The van der Waals surface area contributed by atoms with E-state index in [9.17, 15) is 4.79 Å². The van der Waals surface area contributed by atoms with Gasteiger partial charge in [-0.3, -0.25) is 4.79 Å². The molecule has 0 aliphatic carbocycles. The SMILES string of the molecule is CC(C)COCCCNC(=O)CNC(C)C. The average Bonchev–Trinajstić information content (AvgIpc) is 2.19. The monoisotopic (exact) mass is 230 g/mol.